The van der Waals surface area contributed by atoms with E-state index in [1.807, 2.05) is 0 Å². The van der Waals surface area contributed by atoms with Gasteiger partial charge in [0, 0.05) is 24.9 Å². The van der Waals surface area contributed by atoms with Crippen LogP contribution in [0.15, 0.2) is 16.9 Å². The number of aryl methyl sites for hydroxylation is 1. The van der Waals surface area contributed by atoms with E-state index in [2.05, 4.69) is 20.8 Å². The van der Waals surface area contributed by atoms with Crippen LogP contribution in [0.3, 0.4) is 0 Å². The van der Waals surface area contributed by atoms with Crippen LogP contribution in [0.5, 0.6) is 0 Å². The lowest BCUT2D eigenvalue weighted by atomic mass is 9.71. The van der Waals surface area contributed by atoms with Crippen LogP contribution in [-0.4, -0.2) is 46.4 Å². The third-order valence-electron chi connectivity index (χ3n) is 5.22. The van der Waals surface area contributed by atoms with E-state index in [1.54, 1.807) is 6.07 Å². The fraction of sp³-hybridized carbons (Fsp3) is 0.706. The standard InChI is InChI=1S/C17H26N4O3/c22-14-9-12(10-14)17(11-5-7-18-8-6-11)19-15(23)3-1-13-2-4-16(24)21-20-13/h2,4,11-12,14,17-18,22H,1,3,5-10H2,(H,19,23)(H,21,24)/t12?,14?,17-/m1/s1. The molecule has 1 aliphatic heterocycles. The molecule has 1 saturated heterocycles. The van der Waals surface area contributed by atoms with Crippen LogP contribution in [0, 0.1) is 11.8 Å². The second kappa shape index (κ2) is 7.90. The number of nitrogens with zero attached hydrogens (tertiary/aromatic N) is 1. The van der Waals surface area contributed by atoms with Crippen molar-refractivity contribution in [3.8, 4) is 0 Å². The Bertz CT molecular complexity index is 586. The van der Waals surface area contributed by atoms with Crippen molar-refractivity contribution in [1.82, 2.24) is 20.8 Å². The molecule has 1 saturated carbocycles. The molecule has 0 spiro atoms. The Morgan fingerprint density at radius 3 is 2.67 bits per heavy atom. The van der Waals surface area contributed by atoms with E-state index < -0.39 is 0 Å². The van der Waals surface area contributed by atoms with Crippen molar-refractivity contribution in [1.29, 1.82) is 0 Å². The van der Waals surface area contributed by atoms with Crippen molar-refractivity contribution in [2.45, 2.75) is 50.7 Å². The van der Waals surface area contributed by atoms with Gasteiger partial charge in [0.05, 0.1) is 11.8 Å². The molecule has 0 bridgehead atoms. The molecule has 1 aliphatic carbocycles. The Kier molecular flexibility index (Phi) is 5.63. The molecule has 2 fully saturated rings. The topological polar surface area (TPSA) is 107 Å². The molecule has 1 aromatic rings. The molecule has 2 aliphatic rings. The minimum absolute atomic E-state index is 0.0212. The number of carbonyl (C=O) groups is 1. The number of aromatic nitrogens is 2. The van der Waals surface area contributed by atoms with E-state index >= 15 is 0 Å². The summed E-state index contributed by atoms with van der Waals surface area (Å²) >= 11 is 0. The minimum atomic E-state index is -0.238. The van der Waals surface area contributed by atoms with E-state index in [0.717, 1.165) is 38.8 Å². The highest BCUT2D eigenvalue weighted by atomic mass is 16.3. The Morgan fingerprint density at radius 2 is 2.04 bits per heavy atom. The van der Waals surface area contributed by atoms with Gasteiger partial charge in [-0.1, -0.05) is 0 Å². The minimum Gasteiger partial charge on any atom is -0.393 e. The zero-order chi connectivity index (χ0) is 16.9. The normalized spacial score (nSPS) is 25.7. The SMILES string of the molecule is O=C(CCc1ccc(=O)[nH]n1)N[C@H](C1CCNCC1)C1CC(O)C1. The first-order valence-corrected chi connectivity index (χ1v) is 8.84. The van der Waals surface area contributed by atoms with Crippen molar-refractivity contribution in [3.05, 3.63) is 28.2 Å². The molecule has 0 unspecified atom stereocenters. The van der Waals surface area contributed by atoms with Gasteiger partial charge < -0.3 is 15.7 Å². The summed E-state index contributed by atoms with van der Waals surface area (Å²) in [5, 5.41) is 22.5. The fourth-order valence-corrected chi connectivity index (χ4v) is 3.76. The Labute approximate surface area is 141 Å². The van der Waals surface area contributed by atoms with Gasteiger partial charge in [-0.2, -0.15) is 5.10 Å². The lowest BCUT2D eigenvalue weighted by Crippen LogP contribution is -2.52. The first-order chi connectivity index (χ1) is 11.6. The van der Waals surface area contributed by atoms with E-state index in [4.69, 9.17) is 0 Å². The highest BCUT2D eigenvalue weighted by Crippen LogP contribution is 2.35. The molecular formula is C17H26N4O3. The molecule has 0 aromatic carbocycles. The van der Waals surface area contributed by atoms with Crippen LogP contribution >= 0.6 is 0 Å². The monoisotopic (exact) mass is 334 g/mol. The third kappa shape index (κ3) is 4.42. The molecule has 132 valence electrons. The molecule has 3 rings (SSSR count). The summed E-state index contributed by atoms with van der Waals surface area (Å²) in [6, 6.07) is 3.23. The Hall–Kier alpha value is -1.73. The average molecular weight is 334 g/mol. The maximum atomic E-state index is 12.4. The molecule has 1 aromatic heterocycles. The zero-order valence-corrected chi connectivity index (χ0v) is 13.8. The van der Waals surface area contributed by atoms with Crippen LogP contribution in [0.25, 0.3) is 0 Å². The predicted octanol–water partition coefficient (Wildman–Crippen LogP) is -0.0422. The van der Waals surface area contributed by atoms with Gasteiger partial charge in [-0.25, -0.2) is 5.10 Å². The molecular weight excluding hydrogens is 308 g/mol. The maximum Gasteiger partial charge on any atom is 0.264 e. The summed E-state index contributed by atoms with van der Waals surface area (Å²) in [4.78, 5) is 23.4. The van der Waals surface area contributed by atoms with Crippen LogP contribution < -0.4 is 16.2 Å². The van der Waals surface area contributed by atoms with E-state index in [-0.39, 0.29) is 23.6 Å². The number of amides is 1. The van der Waals surface area contributed by atoms with Gasteiger partial charge in [0.25, 0.3) is 5.56 Å². The average Bonchev–Trinajstić information content (AvgIpc) is 2.57. The number of aromatic amines is 1. The Balaban J connectivity index is 1.54. The van der Waals surface area contributed by atoms with Gasteiger partial charge in [-0.05, 0) is 56.7 Å². The van der Waals surface area contributed by atoms with Gasteiger partial charge in [-0.3, -0.25) is 9.59 Å². The second-order valence-corrected chi connectivity index (χ2v) is 6.98. The predicted molar refractivity (Wildman–Crippen MR) is 89.4 cm³/mol. The number of hydrogen-bond acceptors (Lipinski definition) is 5. The van der Waals surface area contributed by atoms with Gasteiger partial charge in [0.15, 0.2) is 0 Å². The number of nitrogens with one attached hydrogen (secondary N) is 3. The molecule has 1 amide bonds. The summed E-state index contributed by atoms with van der Waals surface area (Å²) in [7, 11) is 0. The van der Waals surface area contributed by atoms with Crippen molar-refractivity contribution >= 4 is 5.91 Å². The quantitative estimate of drug-likeness (QED) is 0.584. The number of H-pyrrole nitrogens is 1. The number of aliphatic hydroxyl groups excluding tert-OH is 1. The summed E-state index contributed by atoms with van der Waals surface area (Å²) in [6.45, 7) is 1.99. The molecule has 4 N–H and O–H groups in total. The first kappa shape index (κ1) is 17.1. The summed E-state index contributed by atoms with van der Waals surface area (Å²) in [6.07, 6.45) is 4.37. The van der Waals surface area contributed by atoms with Gasteiger partial charge in [0.1, 0.15) is 0 Å². The smallest absolute Gasteiger partial charge is 0.264 e. The maximum absolute atomic E-state index is 12.4. The van der Waals surface area contributed by atoms with Crippen LogP contribution in [-0.2, 0) is 11.2 Å². The third-order valence-corrected chi connectivity index (χ3v) is 5.22. The van der Waals surface area contributed by atoms with Crippen molar-refractivity contribution in [2.75, 3.05) is 13.1 Å². The van der Waals surface area contributed by atoms with Gasteiger partial charge in [0.2, 0.25) is 5.91 Å². The number of aliphatic hydroxyl groups is 1. The highest BCUT2D eigenvalue weighted by Gasteiger charge is 2.38. The molecule has 24 heavy (non-hydrogen) atoms. The molecule has 1 atom stereocenters. The second-order valence-electron chi connectivity index (χ2n) is 6.98. The lowest BCUT2D eigenvalue weighted by Gasteiger charge is -2.43. The van der Waals surface area contributed by atoms with Crippen LogP contribution in [0.2, 0.25) is 0 Å². The molecule has 7 heteroatoms. The zero-order valence-electron chi connectivity index (χ0n) is 13.8. The number of hydrogen-bond donors (Lipinski definition) is 4. The van der Waals surface area contributed by atoms with Crippen molar-refractivity contribution < 1.29 is 9.90 Å². The molecule has 0 radical (unpaired) electrons. The number of rotatable bonds is 6. The summed E-state index contributed by atoms with van der Waals surface area (Å²) < 4.78 is 0. The highest BCUT2D eigenvalue weighted by molar-refractivity contribution is 5.76. The number of piperidine rings is 1. The van der Waals surface area contributed by atoms with Gasteiger partial charge >= 0.3 is 0 Å². The Morgan fingerprint density at radius 1 is 1.29 bits per heavy atom. The van der Waals surface area contributed by atoms with E-state index in [9.17, 15) is 14.7 Å². The van der Waals surface area contributed by atoms with Crippen molar-refractivity contribution in [2.24, 2.45) is 11.8 Å². The largest absolute Gasteiger partial charge is 0.393 e. The molecule has 7 nitrogen and oxygen atoms in total. The summed E-state index contributed by atoms with van der Waals surface area (Å²) in [5.41, 5.74) is 0.472. The summed E-state index contributed by atoms with van der Waals surface area (Å²) in [5.74, 6) is 0.894. The van der Waals surface area contributed by atoms with Crippen LogP contribution in [0.4, 0.5) is 0 Å². The van der Waals surface area contributed by atoms with E-state index in [1.165, 1.54) is 6.07 Å². The lowest BCUT2D eigenvalue weighted by molar-refractivity contribution is -0.123. The molecule has 2 heterocycles. The number of carbonyl (C=O) groups excluding carboxylic acids is 1. The van der Waals surface area contributed by atoms with Gasteiger partial charge in [-0.15, -0.1) is 0 Å². The van der Waals surface area contributed by atoms with E-state index in [0.29, 0.717) is 30.4 Å². The fourth-order valence-electron chi connectivity index (χ4n) is 3.76. The van der Waals surface area contributed by atoms with Crippen molar-refractivity contribution in [3.63, 3.8) is 0 Å². The van der Waals surface area contributed by atoms with Crippen LogP contribution in [0.1, 0.15) is 37.8 Å². The first-order valence-electron chi connectivity index (χ1n) is 8.84.